The third-order valence-corrected chi connectivity index (χ3v) is 3.20. The van der Waals surface area contributed by atoms with Crippen LogP contribution in [0, 0.1) is 0 Å². The molecule has 0 fully saturated rings. The Bertz CT molecular complexity index is 407. The van der Waals surface area contributed by atoms with Crippen LogP contribution in [0.4, 0.5) is 5.13 Å². The molecule has 5 nitrogen and oxygen atoms in total. The number of aryl methyl sites for hydroxylation is 1. The Kier molecular flexibility index (Phi) is 2.19. The first-order chi connectivity index (χ1) is 6.31. The van der Waals surface area contributed by atoms with Crippen LogP contribution in [0.15, 0.2) is 0 Å². The van der Waals surface area contributed by atoms with Gasteiger partial charge in [0.25, 0.3) is 0 Å². The molecule has 0 spiro atoms. The minimum atomic E-state index is 0.477. The van der Waals surface area contributed by atoms with E-state index in [1.807, 2.05) is 6.92 Å². The van der Waals surface area contributed by atoms with Gasteiger partial charge in [0.2, 0.25) is 5.13 Å². The summed E-state index contributed by atoms with van der Waals surface area (Å²) in [5.74, 6) is 0. The van der Waals surface area contributed by atoms with Crippen LogP contribution in [0.5, 0.6) is 0 Å². The summed E-state index contributed by atoms with van der Waals surface area (Å²) in [6.45, 7) is 2.03. The van der Waals surface area contributed by atoms with Crippen LogP contribution >= 0.6 is 22.9 Å². The predicted molar refractivity (Wildman–Crippen MR) is 52.6 cm³/mol. The first kappa shape index (κ1) is 8.52. The third-order valence-electron chi connectivity index (χ3n) is 1.53. The molecule has 0 saturated carbocycles. The van der Waals surface area contributed by atoms with Gasteiger partial charge in [-0.3, -0.25) is 0 Å². The van der Waals surface area contributed by atoms with Gasteiger partial charge in [0, 0.05) is 0 Å². The van der Waals surface area contributed by atoms with Crippen molar-refractivity contribution >= 4 is 28.0 Å². The summed E-state index contributed by atoms with van der Waals surface area (Å²) in [5, 5.41) is 13.0. The van der Waals surface area contributed by atoms with Crippen molar-refractivity contribution in [2.75, 3.05) is 5.73 Å². The number of hydrogen-bond donors (Lipinski definition) is 1. The van der Waals surface area contributed by atoms with Crippen LogP contribution in [-0.2, 0) is 6.42 Å². The Balaban J connectivity index is 2.45. The van der Waals surface area contributed by atoms with Gasteiger partial charge >= 0.3 is 0 Å². The molecular weight excluding hydrogens is 206 g/mol. The quantitative estimate of drug-likeness (QED) is 0.811. The molecule has 2 aromatic heterocycles. The average Bonchev–Trinajstić information content (AvgIpc) is 2.71. The highest BCUT2D eigenvalue weighted by Gasteiger charge is 2.12. The number of hydrogen-bond acceptors (Lipinski definition) is 7. The predicted octanol–water partition coefficient (Wildman–Crippen LogP) is 1.20. The van der Waals surface area contributed by atoms with Crippen LogP contribution in [0.25, 0.3) is 9.88 Å². The number of rotatable bonds is 2. The van der Waals surface area contributed by atoms with Crippen molar-refractivity contribution in [2.24, 2.45) is 0 Å². The maximum absolute atomic E-state index is 5.48. The lowest BCUT2D eigenvalue weighted by molar-refractivity contribution is 0.989. The van der Waals surface area contributed by atoms with E-state index in [1.165, 1.54) is 22.9 Å². The van der Waals surface area contributed by atoms with Gasteiger partial charge in [-0.2, -0.15) is 0 Å². The smallest absolute Gasteiger partial charge is 0.203 e. The fourth-order valence-corrected chi connectivity index (χ4v) is 2.37. The number of nitrogen functional groups attached to an aromatic ring is 1. The summed E-state index contributed by atoms with van der Waals surface area (Å²) in [5.41, 5.74) is 6.44. The van der Waals surface area contributed by atoms with E-state index < -0.39 is 0 Å². The van der Waals surface area contributed by atoms with Gasteiger partial charge in [0.15, 0.2) is 5.01 Å². The zero-order valence-corrected chi connectivity index (χ0v) is 8.52. The molecule has 2 heterocycles. The second-order valence-corrected chi connectivity index (χ2v) is 4.11. The van der Waals surface area contributed by atoms with Gasteiger partial charge < -0.3 is 5.73 Å². The molecule has 0 aliphatic carbocycles. The Labute approximate surface area is 82.8 Å². The van der Waals surface area contributed by atoms with Crippen molar-refractivity contribution in [3.63, 3.8) is 0 Å². The van der Waals surface area contributed by atoms with E-state index in [2.05, 4.69) is 19.8 Å². The Hall–Kier alpha value is -1.08. The molecule has 0 saturated heterocycles. The Morgan fingerprint density at radius 2 is 2.15 bits per heavy atom. The van der Waals surface area contributed by atoms with Gasteiger partial charge in [0.05, 0.1) is 5.69 Å². The first-order valence-electron chi connectivity index (χ1n) is 3.72. The number of aromatic nitrogens is 4. The largest absolute Gasteiger partial charge is 0.374 e. The number of nitrogens with zero attached hydrogens (tertiary/aromatic N) is 4. The lowest BCUT2D eigenvalue weighted by Crippen LogP contribution is -1.83. The van der Waals surface area contributed by atoms with Crippen molar-refractivity contribution in [3.8, 4) is 9.88 Å². The molecule has 13 heavy (non-hydrogen) atoms. The highest BCUT2D eigenvalue weighted by Crippen LogP contribution is 2.29. The minimum Gasteiger partial charge on any atom is -0.374 e. The maximum Gasteiger partial charge on any atom is 0.203 e. The lowest BCUT2D eigenvalue weighted by atomic mass is 10.3. The van der Waals surface area contributed by atoms with Crippen LogP contribution in [0.3, 0.4) is 0 Å². The molecule has 0 radical (unpaired) electrons. The molecular formula is C6H7N5S2. The molecule has 7 heteroatoms. The van der Waals surface area contributed by atoms with Crippen molar-refractivity contribution in [3.05, 3.63) is 5.69 Å². The molecule has 0 aliphatic rings. The molecule has 2 rings (SSSR count). The fraction of sp³-hybridized carbons (Fsp3) is 0.333. The van der Waals surface area contributed by atoms with Crippen LogP contribution in [-0.4, -0.2) is 19.8 Å². The highest BCUT2D eigenvalue weighted by atomic mass is 32.1. The topological polar surface area (TPSA) is 77.6 Å². The highest BCUT2D eigenvalue weighted by molar-refractivity contribution is 7.21. The van der Waals surface area contributed by atoms with Gasteiger partial charge in [0.1, 0.15) is 4.88 Å². The molecule has 0 aliphatic heterocycles. The molecule has 2 N–H and O–H groups in total. The van der Waals surface area contributed by atoms with E-state index in [1.54, 1.807) is 0 Å². The number of nitrogens with two attached hydrogens (primary N) is 1. The van der Waals surface area contributed by atoms with Crippen molar-refractivity contribution in [2.45, 2.75) is 13.3 Å². The Morgan fingerprint density at radius 3 is 2.77 bits per heavy atom. The molecule has 0 amide bonds. The second kappa shape index (κ2) is 3.35. The van der Waals surface area contributed by atoms with Gasteiger partial charge in [-0.25, -0.2) is 0 Å². The zero-order chi connectivity index (χ0) is 9.26. The van der Waals surface area contributed by atoms with E-state index in [9.17, 15) is 0 Å². The SMILES string of the molecule is CCc1nnsc1-c1nnc(N)s1. The zero-order valence-electron chi connectivity index (χ0n) is 6.89. The summed E-state index contributed by atoms with van der Waals surface area (Å²) in [6, 6.07) is 0. The van der Waals surface area contributed by atoms with Crippen molar-refractivity contribution in [1.82, 2.24) is 19.8 Å². The van der Waals surface area contributed by atoms with Gasteiger partial charge in [-0.15, -0.1) is 15.3 Å². The third kappa shape index (κ3) is 1.52. The van der Waals surface area contributed by atoms with Crippen LogP contribution < -0.4 is 5.73 Å². The van der Waals surface area contributed by atoms with E-state index in [4.69, 9.17) is 5.73 Å². The molecule has 0 atom stereocenters. The summed E-state index contributed by atoms with van der Waals surface area (Å²) in [6.07, 6.45) is 0.852. The summed E-state index contributed by atoms with van der Waals surface area (Å²) < 4.78 is 3.87. The monoisotopic (exact) mass is 213 g/mol. The fourth-order valence-electron chi connectivity index (χ4n) is 0.929. The van der Waals surface area contributed by atoms with E-state index >= 15 is 0 Å². The second-order valence-electron chi connectivity index (χ2n) is 2.35. The average molecular weight is 213 g/mol. The maximum atomic E-state index is 5.48. The van der Waals surface area contributed by atoms with E-state index in [-0.39, 0.29) is 0 Å². The summed E-state index contributed by atoms with van der Waals surface area (Å²) >= 11 is 2.69. The summed E-state index contributed by atoms with van der Waals surface area (Å²) in [4.78, 5) is 0.983. The van der Waals surface area contributed by atoms with Gasteiger partial charge in [-0.1, -0.05) is 22.7 Å². The van der Waals surface area contributed by atoms with Crippen molar-refractivity contribution < 1.29 is 0 Å². The van der Waals surface area contributed by atoms with Gasteiger partial charge in [-0.05, 0) is 18.0 Å². The standard InChI is InChI=1S/C6H7N5S2/c1-2-3-4(13-11-8-3)5-9-10-6(7)12-5/h2H2,1H3,(H2,7,10). The van der Waals surface area contributed by atoms with E-state index in [0.717, 1.165) is 22.0 Å². The normalized spacial score (nSPS) is 10.5. The first-order valence-corrected chi connectivity index (χ1v) is 5.30. The van der Waals surface area contributed by atoms with E-state index in [0.29, 0.717) is 5.13 Å². The lowest BCUT2D eigenvalue weighted by Gasteiger charge is -1.89. The Morgan fingerprint density at radius 1 is 1.31 bits per heavy atom. The van der Waals surface area contributed by atoms with Crippen LogP contribution in [0.1, 0.15) is 12.6 Å². The number of anilines is 1. The molecule has 0 unspecified atom stereocenters. The molecule has 0 bridgehead atoms. The molecule has 0 aromatic carbocycles. The van der Waals surface area contributed by atoms with Crippen LogP contribution in [0.2, 0.25) is 0 Å². The van der Waals surface area contributed by atoms with Crippen molar-refractivity contribution in [1.29, 1.82) is 0 Å². The summed E-state index contributed by atoms with van der Waals surface area (Å²) in [7, 11) is 0. The molecule has 68 valence electrons. The minimum absolute atomic E-state index is 0.477. The molecule has 2 aromatic rings.